The lowest BCUT2D eigenvalue weighted by molar-refractivity contribution is 0.111. The van der Waals surface area contributed by atoms with Crippen molar-refractivity contribution in [2.75, 3.05) is 0 Å². The number of carbonyl (C=O) groups is 1. The maximum Gasteiger partial charge on any atom is 0.168 e. The average molecular weight is 239 g/mol. The first kappa shape index (κ1) is 10.5. The summed E-state index contributed by atoms with van der Waals surface area (Å²) in [6, 6.07) is 11.8. The molecule has 0 aliphatic heterocycles. The Morgan fingerprint density at radius 3 is 2.56 bits per heavy atom. The number of fused-ring (bicyclic) bond motifs is 1. The Hall–Kier alpha value is -2.69. The molecule has 0 unspecified atom stereocenters. The number of hydrogen-bond donors (Lipinski definition) is 1. The number of rotatable bonds is 2. The van der Waals surface area contributed by atoms with Gasteiger partial charge in [-0.2, -0.15) is 0 Å². The first-order valence-corrected chi connectivity index (χ1v) is 5.38. The van der Waals surface area contributed by atoms with Gasteiger partial charge in [-0.05, 0) is 36.4 Å². The van der Waals surface area contributed by atoms with E-state index in [0.717, 1.165) is 11.8 Å². The molecule has 2 aromatic heterocycles. The highest BCUT2D eigenvalue weighted by molar-refractivity contribution is 5.76. The molecule has 5 nitrogen and oxygen atoms in total. The summed E-state index contributed by atoms with van der Waals surface area (Å²) < 4.78 is 1.68. The van der Waals surface area contributed by atoms with Crippen molar-refractivity contribution in [2.45, 2.75) is 0 Å². The first-order chi connectivity index (χ1) is 8.79. The Balaban J connectivity index is 2.29. The van der Waals surface area contributed by atoms with Crippen molar-refractivity contribution >= 4 is 11.9 Å². The van der Waals surface area contributed by atoms with Crippen molar-refractivity contribution < 1.29 is 9.90 Å². The summed E-state index contributed by atoms with van der Waals surface area (Å²) in [4.78, 5) is 11.0. The van der Waals surface area contributed by atoms with Gasteiger partial charge in [0.15, 0.2) is 17.8 Å². The van der Waals surface area contributed by atoms with E-state index in [1.165, 1.54) is 0 Å². The molecule has 2 heterocycles. The number of carbonyl (C=O) groups excluding carboxylic acids is 1. The zero-order valence-electron chi connectivity index (χ0n) is 9.32. The molecule has 3 aromatic rings. The van der Waals surface area contributed by atoms with Crippen LogP contribution in [-0.4, -0.2) is 26.0 Å². The Bertz CT molecular complexity index is 717. The quantitative estimate of drug-likeness (QED) is 0.694. The van der Waals surface area contributed by atoms with Crippen LogP contribution in [0, 0.1) is 0 Å². The van der Waals surface area contributed by atoms with Crippen molar-refractivity contribution in [1.29, 1.82) is 0 Å². The maximum atomic E-state index is 11.0. The Labute approximate surface area is 102 Å². The van der Waals surface area contributed by atoms with Gasteiger partial charge < -0.3 is 5.11 Å². The Kier molecular flexibility index (Phi) is 2.30. The average Bonchev–Trinajstić information content (AvgIpc) is 2.83. The number of hydrogen-bond acceptors (Lipinski definition) is 4. The van der Waals surface area contributed by atoms with E-state index < -0.39 is 0 Å². The number of phenols is 1. The molecule has 0 amide bonds. The molecule has 0 fully saturated rings. The molecular formula is C13H9N3O2. The number of aldehydes is 1. The van der Waals surface area contributed by atoms with Crippen LogP contribution in [0.15, 0.2) is 42.5 Å². The highest BCUT2D eigenvalue weighted by Gasteiger charge is 2.10. The summed E-state index contributed by atoms with van der Waals surface area (Å²) >= 11 is 0. The fraction of sp³-hybridized carbons (Fsp3) is 0. The van der Waals surface area contributed by atoms with Gasteiger partial charge in [0.25, 0.3) is 0 Å². The van der Waals surface area contributed by atoms with Crippen molar-refractivity contribution in [1.82, 2.24) is 14.6 Å². The predicted octanol–water partition coefficient (Wildman–Crippen LogP) is 1.91. The molecule has 5 heteroatoms. The molecule has 18 heavy (non-hydrogen) atoms. The second-order valence-electron chi connectivity index (χ2n) is 3.83. The summed E-state index contributed by atoms with van der Waals surface area (Å²) in [5.41, 5.74) is 1.89. The van der Waals surface area contributed by atoms with Crippen LogP contribution in [0.2, 0.25) is 0 Å². The van der Waals surface area contributed by atoms with E-state index >= 15 is 0 Å². The van der Waals surface area contributed by atoms with Crippen LogP contribution >= 0.6 is 0 Å². The van der Waals surface area contributed by atoms with Gasteiger partial charge in [-0.25, -0.2) is 0 Å². The molecule has 1 N–H and O–H groups in total. The molecule has 88 valence electrons. The van der Waals surface area contributed by atoms with E-state index in [-0.39, 0.29) is 5.75 Å². The van der Waals surface area contributed by atoms with E-state index in [9.17, 15) is 9.90 Å². The molecular weight excluding hydrogens is 230 g/mol. The van der Waals surface area contributed by atoms with Crippen molar-refractivity contribution in [3.8, 4) is 17.1 Å². The summed E-state index contributed by atoms with van der Waals surface area (Å²) in [7, 11) is 0. The Morgan fingerprint density at radius 1 is 1.06 bits per heavy atom. The fourth-order valence-electron chi connectivity index (χ4n) is 1.86. The maximum absolute atomic E-state index is 11.0. The second kappa shape index (κ2) is 3.96. The van der Waals surface area contributed by atoms with Crippen LogP contribution in [0.3, 0.4) is 0 Å². The fourth-order valence-corrected chi connectivity index (χ4v) is 1.86. The predicted molar refractivity (Wildman–Crippen MR) is 65.5 cm³/mol. The lowest BCUT2D eigenvalue weighted by atomic mass is 10.2. The third kappa shape index (κ3) is 1.53. The molecule has 0 saturated carbocycles. The zero-order chi connectivity index (χ0) is 12.5. The molecule has 3 rings (SSSR count). The van der Waals surface area contributed by atoms with E-state index in [4.69, 9.17) is 0 Å². The van der Waals surface area contributed by atoms with E-state index in [2.05, 4.69) is 10.2 Å². The third-order valence-electron chi connectivity index (χ3n) is 2.70. The summed E-state index contributed by atoms with van der Waals surface area (Å²) in [5, 5.41) is 17.4. The van der Waals surface area contributed by atoms with Gasteiger partial charge in [0, 0.05) is 5.56 Å². The van der Waals surface area contributed by atoms with Gasteiger partial charge in [0.05, 0.1) is 5.69 Å². The van der Waals surface area contributed by atoms with Crippen molar-refractivity contribution in [3.05, 3.63) is 48.2 Å². The minimum Gasteiger partial charge on any atom is -0.508 e. The minimum atomic E-state index is 0.184. The van der Waals surface area contributed by atoms with E-state index in [0.29, 0.717) is 17.2 Å². The van der Waals surface area contributed by atoms with Crippen LogP contribution in [0.4, 0.5) is 0 Å². The molecule has 0 bridgehead atoms. The molecule has 0 atom stereocenters. The van der Waals surface area contributed by atoms with Crippen LogP contribution in [0.5, 0.6) is 5.75 Å². The van der Waals surface area contributed by atoms with Crippen molar-refractivity contribution in [3.63, 3.8) is 0 Å². The monoisotopic (exact) mass is 239 g/mol. The van der Waals surface area contributed by atoms with Gasteiger partial charge in [-0.3, -0.25) is 9.20 Å². The van der Waals surface area contributed by atoms with Gasteiger partial charge in [0.1, 0.15) is 5.75 Å². The number of nitrogens with zero attached hydrogens (tertiary/aromatic N) is 3. The van der Waals surface area contributed by atoms with E-state index in [1.807, 2.05) is 0 Å². The summed E-state index contributed by atoms with van der Waals surface area (Å²) in [5.74, 6) is 0.760. The third-order valence-corrected chi connectivity index (χ3v) is 2.70. The smallest absolute Gasteiger partial charge is 0.168 e. The topological polar surface area (TPSA) is 67.5 Å². The Morgan fingerprint density at radius 2 is 1.83 bits per heavy atom. The molecule has 0 aliphatic carbocycles. The molecule has 1 aromatic carbocycles. The second-order valence-corrected chi connectivity index (χ2v) is 3.83. The highest BCUT2D eigenvalue weighted by Crippen LogP contribution is 2.21. The van der Waals surface area contributed by atoms with Gasteiger partial charge >= 0.3 is 0 Å². The lowest BCUT2D eigenvalue weighted by Crippen LogP contribution is -1.97. The van der Waals surface area contributed by atoms with Gasteiger partial charge in [-0.1, -0.05) is 6.07 Å². The van der Waals surface area contributed by atoms with Crippen molar-refractivity contribution in [2.24, 2.45) is 0 Å². The van der Waals surface area contributed by atoms with Crippen LogP contribution in [0.25, 0.3) is 17.0 Å². The number of aromatic hydroxyl groups is 1. The molecule has 0 radical (unpaired) electrons. The largest absolute Gasteiger partial charge is 0.508 e. The number of aromatic nitrogens is 3. The summed E-state index contributed by atoms with van der Waals surface area (Å²) in [6.45, 7) is 0. The number of benzene rings is 1. The number of phenolic OH excluding ortho intramolecular Hbond substituents is 1. The van der Waals surface area contributed by atoms with Crippen LogP contribution < -0.4 is 0 Å². The van der Waals surface area contributed by atoms with E-state index in [1.54, 1.807) is 46.9 Å². The normalized spacial score (nSPS) is 10.7. The van der Waals surface area contributed by atoms with Gasteiger partial charge in [0.2, 0.25) is 0 Å². The number of pyridine rings is 1. The molecule has 0 saturated heterocycles. The lowest BCUT2D eigenvalue weighted by Gasteiger charge is -2.02. The zero-order valence-corrected chi connectivity index (χ0v) is 9.32. The van der Waals surface area contributed by atoms with Crippen LogP contribution in [-0.2, 0) is 0 Å². The molecule has 0 spiro atoms. The first-order valence-electron chi connectivity index (χ1n) is 5.38. The van der Waals surface area contributed by atoms with Crippen LogP contribution in [0.1, 0.15) is 10.5 Å². The van der Waals surface area contributed by atoms with Gasteiger partial charge in [-0.15, -0.1) is 10.2 Å². The highest BCUT2D eigenvalue weighted by atomic mass is 16.3. The SMILES string of the molecule is O=Cc1cccc2nnc(-c3ccc(O)cc3)n12. The standard InChI is InChI=1S/C13H9N3O2/c17-8-10-2-1-3-12-14-15-13(16(10)12)9-4-6-11(18)7-5-9/h1-8,18H. The minimum absolute atomic E-state index is 0.184. The molecule has 0 aliphatic rings. The summed E-state index contributed by atoms with van der Waals surface area (Å²) in [6.07, 6.45) is 0.764.